The van der Waals surface area contributed by atoms with Crippen LogP contribution in [0.5, 0.6) is 0 Å². The van der Waals surface area contributed by atoms with E-state index in [2.05, 4.69) is 79.1 Å². The molecule has 2 atom stereocenters. The van der Waals surface area contributed by atoms with Crippen molar-refractivity contribution < 1.29 is 0 Å². The van der Waals surface area contributed by atoms with Gasteiger partial charge in [-0.1, -0.05) is 61.0 Å². The number of aromatic nitrogens is 1. The van der Waals surface area contributed by atoms with E-state index < -0.39 is 0 Å². The molecule has 4 rings (SSSR count). The van der Waals surface area contributed by atoms with Crippen LogP contribution in [-0.4, -0.2) is 10.6 Å². The fourth-order valence-corrected chi connectivity index (χ4v) is 3.68. The zero-order valence-electron chi connectivity index (χ0n) is 13.7. The van der Waals surface area contributed by atoms with Gasteiger partial charge in [0.2, 0.25) is 0 Å². The van der Waals surface area contributed by atoms with Gasteiger partial charge in [-0.2, -0.15) is 0 Å². The Morgan fingerprint density at radius 1 is 0.913 bits per heavy atom. The van der Waals surface area contributed by atoms with Gasteiger partial charge in [-0.3, -0.25) is 0 Å². The summed E-state index contributed by atoms with van der Waals surface area (Å²) in [7, 11) is 0. The highest BCUT2D eigenvalue weighted by Crippen LogP contribution is 2.32. The second-order valence-electron chi connectivity index (χ2n) is 6.59. The average molecular weight is 302 g/mol. The summed E-state index contributed by atoms with van der Waals surface area (Å²) in [6.45, 7) is 5.25. The summed E-state index contributed by atoms with van der Waals surface area (Å²) < 4.78 is 2.42. The number of nitrogens with two attached hydrogens (primary N) is 1. The summed E-state index contributed by atoms with van der Waals surface area (Å²) in [5, 5.41) is 2.64. The van der Waals surface area contributed by atoms with Crippen molar-refractivity contribution in [1.29, 1.82) is 0 Å². The van der Waals surface area contributed by atoms with E-state index in [1.54, 1.807) is 0 Å². The first-order valence-electron chi connectivity index (χ1n) is 8.25. The lowest BCUT2D eigenvalue weighted by molar-refractivity contribution is 0.536. The van der Waals surface area contributed by atoms with Gasteiger partial charge in [0.15, 0.2) is 0 Å². The average Bonchev–Trinajstić information content (AvgIpc) is 2.90. The Morgan fingerprint density at radius 3 is 2.09 bits per heavy atom. The van der Waals surface area contributed by atoms with Gasteiger partial charge in [-0.25, -0.2) is 0 Å². The molecule has 23 heavy (non-hydrogen) atoms. The summed E-state index contributed by atoms with van der Waals surface area (Å²) in [5.41, 5.74) is 11.6. The molecule has 0 bridgehead atoms. The highest BCUT2D eigenvalue weighted by molar-refractivity contribution is 6.08. The molecule has 0 radical (unpaired) electrons. The molecular weight excluding hydrogens is 280 g/mol. The number of rotatable bonds is 2. The van der Waals surface area contributed by atoms with E-state index >= 15 is 0 Å². The zero-order valence-corrected chi connectivity index (χ0v) is 13.7. The van der Waals surface area contributed by atoms with Gasteiger partial charge >= 0.3 is 0 Å². The molecular formula is C21H22N2. The molecule has 2 aromatic carbocycles. The highest BCUT2D eigenvalue weighted by Gasteiger charge is 2.22. The van der Waals surface area contributed by atoms with E-state index in [4.69, 9.17) is 5.73 Å². The van der Waals surface area contributed by atoms with Crippen molar-refractivity contribution in [2.45, 2.75) is 26.4 Å². The number of benzene rings is 2. The third-order valence-electron chi connectivity index (χ3n) is 5.23. The molecule has 2 nitrogen and oxygen atoms in total. The topological polar surface area (TPSA) is 30.9 Å². The molecule has 0 fully saturated rings. The zero-order chi connectivity index (χ0) is 16.0. The first kappa shape index (κ1) is 14.3. The summed E-state index contributed by atoms with van der Waals surface area (Å²) in [6, 6.07) is 17.4. The monoisotopic (exact) mass is 302 g/mol. The maximum absolute atomic E-state index is 6.35. The van der Waals surface area contributed by atoms with Crippen molar-refractivity contribution in [3.05, 3.63) is 71.8 Å². The fraction of sp³-hybridized carbons (Fsp3) is 0.238. The van der Waals surface area contributed by atoms with Gasteiger partial charge in [0.05, 0.1) is 0 Å². The molecule has 0 aliphatic heterocycles. The predicted molar refractivity (Wildman–Crippen MR) is 98.4 cm³/mol. The second-order valence-corrected chi connectivity index (χ2v) is 6.59. The van der Waals surface area contributed by atoms with Crippen molar-refractivity contribution >= 4 is 21.8 Å². The molecule has 0 saturated carbocycles. The molecule has 2 unspecified atom stereocenters. The minimum Gasteiger partial charge on any atom is -0.336 e. The number of hydrogen-bond donors (Lipinski definition) is 1. The van der Waals surface area contributed by atoms with E-state index in [-0.39, 0.29) is 6.04 Å². The molecule has 3 aromatic rings. The summed E-state index contributed by atoms with van der Waals surface area (Å²) >= 11 is 0. The lowest BCUT2D eigenvalue weighted by atomic mass is 9.85. The van der Waals surface area contributed by atoms with E-state index in [1.165, 1.54) is 33.0 Å². The first-order valence-corrected chi connectivity index (χ1v) is 8.25. The van der Waals surface area contributed by atoms with Gasteiger partial charge in [0.25, 0.3) is 0 Å². The number of fused-ring (bicyclic) bond motifs is 3. The summed E-state index contributed by atoms with van der Waals surface area (Å²) in [5.74, 6) is 0.375. The summed E-state index contributed by atoms with van der Waals surface area (Å²) in [6.07, 6.45) is 4.43. The second kappa shape index (κ2) is 5.39. The third-order valence-corrected chi connectivity index (χ3v) is 5.23. The van der Waals surface area contributed by atoms with E-state index in [1.807, 2.05) is 0 Å². The fourth-order valence-electron chi connectivity index (χ4n) is 3.68. The minimum absolute atomic E-state index is 0.128. The molecule has 116 valence electrons. The maximum Gasteiger partial charge on any atom is 0.0494 e. The van der Waals surface area contributed by atoms with Crippen molar-refractivity contribution in [3.8, 4) is 0 Å². The lowest BCUT2D eigenvalue weighted by Gasteiger charge is -2.27. The van der Waals surface area contributed by atoms with Gasteiger partial charge in [-0.15, -0.1) is 0 Å². The van der Waals surface area contributed by atoms with E-state index in [0.29, 0.717) is 5.92 Å². The van der Waals surface area contributed by atoms with Crippen molar-refractivity contribution in [3.63, 3.8) is 0 Å². The van der Waals surface area contributed by atoms with Crippen LogP contribution >= 0.6 is 0 Å². The Hall–Kier alpha value is -2.32. The molecule has 0 spiro atoms. The van der Waals surface area contributed by atoms with Crippen molar-refractivity contribution in [2.24, 2.45) is 11.7 Å². The van der Waals surface area contributed by atoms with Crippen molar-refractivity contribution in [1.82, 2.24) is 4.57 Å². The molecule has 1 aliphatic rings. The maximum atomic E-state index is 6.35. The molecule has 2 heteroatoms. The van der Waals surface area contributed by atoms with Crippen molar-refractivity contribution in [2.75, 3.05) is 0 Å². The van der Waals surface area contributed by atoms with Crippen LogP contribution in [0.1, 0.15) is 13.8 Å². The number of para-hydroxylation sites is 2. The normalized spacial score (nSPS) is 21.5. The third kappa shape index (κ3) is 2.22. The van der Waals surface area contributed by atoms with Gasteiger partial charge in [0, 0.05) is 34.4 Å². The quantitative estimate of drug-likeness (QED) is 0.734. The Morgan fingerprint density at radius 2 is 1.48 bits per heavy atom. The number of hydrogen-bond acceptors (Lipinski definition) is 1. The molecule has 1 aromatic heterocycles. The van der Waals surface area contributed by atoms with Gasteiger partial charge in [0.1, 0.15) is 0 Å². The SMILES string of the molecule is CC1=CC=C(Cn2c3ccccc3c3ccccc32)C(C)C1N. The lowest BCUT2D eigenvalue weighted by Crippen LogP contribution is -2.33. The standard InChI is InChI=1S/C21H22N2/c1-14-11-12-16(15(2)21(14)22)13-23-19-9-5-3-7-17(19)18-8-4-6-10-20(18)23/h3-12,15,21H,13,22H2,1-2H3. The Labute approximate surface area is 136 Å². The van der Waals surface area contributed by atoms with Gasteiger partial charge < -0.3 is 10.3 Å². The van der Waals surface area contributed by atoms with Crippen LogP contribution in [0.2, 0.25) is 0 Å². The summed E-state index contributed by atoms with van der Waals surface area (Å²) in [4.78, 5) is 0. The van der Waals surface area contributed by atoms with Crippen LogP contribution < -0.4 is 5.73 Å². The molecule has 0 saturated heterocycles. The van der Waals surface area contributed by atoms with E-state index in [0.717, 1.165) is 6.54 Å². The first-order chi connectivity index (χ1) is 11.2. The Balaban J connectivity index is 1.89. The Bertz CT molecular complexity index is 890. The highest BCUT2D eigenvalue weighted by atomic mass is 15.0. The molecule has 1 heterocycles. The smallest absolute Gasteiger partial charge is 0.0494 e. The van der Waals surface area contributed by atoms with Crippen LogP contribution in [0.25, 0.3) is 21.8 Å². The Kier molecular flexibility index (Phi) is 3.35. The molecule has 2 N–H and O–H groups in total. The van der Waals surface area contributed by atoms with Crippen LogP contribution in [0.15, 0.2) is 71.8 Å². The number of allylic oxidation sites excluding steroid dienone is 2. The van der Waals surface area contributed by atoms with Crippen LogP contribution in [0.4, 0.5) is 0 Å². The van der Waals surface area contributed by atoms with Gasteiger partial charge in [-0.05, 0) is 30.5 Å². The number of nitrogens with zero attached hydrogens (tertiary/aromatic N) is 1. The van der Waals surface area contributed by atoms with Crippen LogP contribution in [0.3, 0.4) is 0 Å². The van der Waals surface area contributed by atoms with Crippen LogP contribution in [-0.2, 0) is 6.54 Å². The molecule has 1 aliphatic carbocycles. The minimum atomic E-state index is 0.128. The molecule has 0 amide bonds. The van der Waals surface area contributed by atoms with E-state index in [9.17, 15) is 0 Å². The largest absolute Gasteiger partial charge is 0.336 e. The van der Waals surface area contributed by atoms with Crippen LogP contribution in [0, 0.1) is 5.92 Å². The predicted octanol–water partition coefficient (Wildman–Crippen LogP) is 4.64.